The number of rotatable bonds is 4. The molecule has 6 rings (SSSR count). The minimum atomic E-state index is 0.656. The maximum Gasteiger partial charge on any atom is 0.241 e. The van der Waals surface area contributed by atoms with Crippen LogP contribution < -0.4 is 4.90 Å². The molecule has 170 valence electrons. The Morgan fingerprint density at radius 2 is 1.91 bits per heavy atom. The fraction of sp³-hybridized carbons (Fsp3) is 0.440. The number of aromatic nitrogens is 4. The lowest BCUT2D eigenvalue weighted by molar-refractivity contribution is 0.215. The fourth-order valence-corrected chi connectivity index (χ4v) is 6.29. The molecule has 8 heteroatoms. The number of nitrogens with zero attached hydrogens (tertiary/aromatic N) is 6. The number of aryl methyl sites for hydroxylation is 2. The molecule has 0 spiro atoms. The van der Waals surface area contributed by atoms with E-state index in [1.807, 2.05) is 23.5 Å². The van der Waals surface area contributed by atoms with E-state index in [1.54, 1.807) is 6.33 Å². The molecule has 3 aromatic heterocycles. The molecule has 1 saturated heterocycles. The molecule has 0 amide bonds. The van der Waals surface area contributed by atoms with E-state index in [-0.39, 0.29) is 0 Å². The van der Waals surface area contributed by atoms with E-state index >= 15 is 0 Å². The van der Waals surface area contributed by atoms with Crippen molar-refractivity contribution in [3.8, 4) is 11.4 Å². The Morgan fingerprint density at radius 1 is 1.09 bits per heavy atom. The minimum absolute atomic E-state index is 0.656. The molecule has 2 aliphatic rings. The summed E-state index contributed by atoms with van der Waals surface area (Å²) in [4.78, 5) is 21.5. The fourth-order valence-electron chi connectivity index (χ4n) is 4.95. The van der Waals surface area contributed by atoms with Gasteiger partial charge in [0.1, 0.15) is 17.0 Å². The van der Waals surface area contributed by atoms with Crippen molar-refractivity contribution in [3.05, 3.63) is 52.5 Å². The van der Waals surface area contributed by atoms with Crippen LogP contribution in [-0.2, 0) is 19.4 Å². The molecule has 0 radical (unpaired) electrons. The van der Waals surface area contributed by atoms with Gasteiger partial charge in [0.15, 0.2) is 0 Å². The molecule has 33 heavy (non-hydrogen) atoms. The van der Waals surface area contributed by atoms with Crippen molar-refractivity contribution in [2.24, 2.45) is 5.92 Å². The van der Waals surface area contributed by atoms with Gasteiger partial charge in [0.25, 0.3) is 0 Å². The molecule has 1 atom stereocenters. The van der Waals surface area contributed by atoms with E-state index in [0.29, 0.717) is 18.3 Å². The monoisotopic (exact) mass is 460 g/mol. The largest absolute Gasteiger partial charge is 0.353 e. The van der Waals surface area contributed by atoms with Crippen molar-refractivity contribution < 1.29 is 4.52 Å². The summed E-state index contributed by atoms with van der Waals surface area (Å²) < 4.78 is 5.55. The van der Waals surface area contributed by atoms with Crippen molar-refractivity contribution >= 4 is 27.4 Å². The number of anilines is 1. The van der Waals surface area contributed by atoms with Crippen LogP contribution in [0.5, 0.6) is 0 Å². The number of fused-ring (bicyclic) bond motifs is 3. The smallest absolute Gasteiger partial charge is 0.241 e. The third kappa shape index (κ3) is 4.02. The highest BCUT2D eigenvalue weighted by atomic mass is 32.1. The predicted molar refractivity (Wildman–Crippen MR) is 131 cm³/mol. The molecule has 4 heterocycles. The lowest BCUT2D eigenvalue weighted by atomic mass is 9.89. The molecule has 1 aliphatic carbocycles. The van der Waals surface area contributed by atoms with Crippen LogP contribution in [0.15, 0.2) is 35.1 Å². The van der Waals surface area contributed by atoms with Gasteiger partial charge in [-0.1, -0.05) is 41.9 Å². The summed E-state index contributed by atoms with van der Waals surface area (Å²) in [6.45, 7) is 8.86. The topological polar surface area (TPSA) is 71.2 Å². The Balaban J connectivity index is 1.14. The first-order valence-electron chi connectivity index (χ1n) is 11.8. The van der Waals surface area contributed by atoms with E-state index in [1.165, 1.54) is 34.2 Å². The van der Waals surface area contributed by atoms with Crippen LogP contribution in [-0.4, -0.2) is 51.2 Å². The SMILES string of the molecule is Cc1ccc(-c2noc(CN3CCN(c4ncnc5sc6c(c45)CCC(C)C6)CC3)n2)cc1. The van der Waals surface area contributed by atoms with Gasteiger partial charge in [0.2, 0.25) is 11.7 Å². The normalized spacial score (nSPS) is 19.2. The number of piperazine rings is 1. The van der Waals surface area contributed by atoms with Crippen LogP contribution in [0, 0.1) is 12.8 Å². The minimum Gasteiger partial charge on any atom is -0.353 e. The van der Waals surface area contributed by atoms with Crippen LogP contribution in [0.1, 0.15) is 35.2 Å². The number of thiophene rings is 1. The van der Waals surface area contributed by atoms with Crippen molar-refractivity contribution in [2.45, 2.75) is 39.7 Å². The van der Waals surface area contributed by atoms with E-state index in [4.69, 9.17) is 9.51 Å². The molecule has 0 N–H and O–H groups in total. The molecular weight excluding hydrogens is 432 g/mol. The Bertz CT molecular complexity index is 1270. The van der Waals surface area contributed by atoms with Gasteiger partial charge < -0.3 is 9.42 Å². The summed E-state index contributed by atoms with van der Waals surface area (Å²) in [5.41, 5.74) is 3.71. The second kappa shape index (κ2) is 8.50. The summed E-state index contributed by atoms with van der Waals surface area (Å²) in [7, 11) is 0. The van der Waals surface area contributed by atoms with E-state index in [9.17, 15) is 0 Å². The Kier molecular flexibility index (Phi) is 5.34. The van der Waals surface area contributed by atoms with Crippen LogP contribution in [0.25, 0.3) is 21.6 Å². The lowest BCUT2D eigenvalue weighted by Crippen LogP contribution is -2.46. The summed E-state index contributed by atoms with van der Waals surface area (Å²) in [6, 6.07) is 8.21. The molecule has 1 aromatic carbocycles. The van der Waals surface area contributed by atoms with E-state index in [0.717, 1.165) is 54.7 Å². The number of benzene rings is 1. The van der Waals surface area contributed by atoms with E-state index in [2.05, 4.69) is 50.9 Å². The summed E-state index contributed by atoms with van der Waals surface area (Å²) in [5.74, 6) is 3.21. The quantitative estimate of drug-likeness (QED) is 0.444. The predicted octanol–water partition coefficient (Wildman–Crippen LogP) is 4.50. The summed E-state index contributed by atoms with van der Waals surface area (Å²) >= 11 is 1.87. The van der Waals surface area contributed by atoms with Gasteiger partial charge in [-0.05, 0) is 37.7 Å². The zero-order valence-corrected chi connectivity index (χ0v) is 19.9. The highest BCUT2D eigenvalue weighted by molar-refractivity contribution is 7.19. The average molecular weight is 461 g/mol. The zero-order chi connectivity index (χ0) is 22.4. The third-order valence-corrected chi connectivity index (χ3v) is 8.04. The van der Waals surface area contributed by atoms with Gasteiger partial charge in [-0.15, -0.1) is 11.3 Å². The van der Waals surface area contributed by atoms with Crippen molar-refractivity contribution in [2.75, 3.05) is 31.1 Å². The second-order valence-corrected chi connectivity index (χ2v) is 10.5. The highest BCUT2D eigenvalue weighted by Crippen LogP contribution is 2.40. The van der Waals surface area contributed by atoms with Crippen molar-refractivity contribution in [3.63, 3.8) is 0 Å². The molecule has 1 unspecified atom stereocenters. The third-order valence-electron chi connectivity index (χ3n) is 6.88. The van der Waals surface area contributed by atoms with Gasteiger partial charge in [0.05, 0.1) is 11.9 Å². The molecule has 0 bridgehead atoms. The van der Waals surface area contributed by atoms with Crippen LogP contribution in [0.2, 0.25) is 0 Å². The number of hydrogen-bond donors (Lipinski definition) is 0. The van der Waals surface area contributed by atoms with Crippen LogP contribution in [0.3, 0.4) is 0 Å². The molecule has 1 aliphatic heterocycles. The standard InChI is InChI=1S/C25H28N6OS/c1-16-3-6-18(7-4-16)23-28-21(32-29-23)14-30-9-11-31(12-10-30)24-22-19-8-5-17(2)13-20(19)33-25(22)27-15-26-24/h3-4,6-7,15,17H,5,8-14H2,1-2H3. The summed E-state index contributed by atoms with van der Waals surface area (Å²) in [5, 5.41) is 5.48. The van der Waals surface area contributed by atoms with Gasteiger partial charge in [-0.2, -0.15) is 4.98 Å². The molecule has 7 nitrogen and oxygen atoms in total. The first-order chi connectivity index (χ1) is 16.1. The Morgan fingerprint density at radius 3 is 2.73 bits per heavy atom. The van der Waals surface area contributed by atoms with Gasteiger partial charge in [-0.25, -0.2) is 9.97 Å². The second-order valence-electron chi connectivity index (χ2n) is 9.37. The van der Waals surface area contributed by atoms with Crippen LogP contribution in [0.4, 0.5) is 5.82 Å². The summed E-state index contributed by atoms with van der Waals surface area (Å²) in [6.07, 6.45) is 5.33. The van der Waals surface area contributed by atoms with E-state index < -0.39 is 0 Å². The zero-order valence-electron chi connectivity index (χ0n) is 19.1. The first kappa shape index (κ1) is 20.7. The van der Waals surface area contributed by atoms with Crippen molar-refractivity contribution in [1.29, 1.82) is 0 Å². The Labute approximate surface area is 197 Å². The molecule has 0 saturated carbocycles. The maximum atomic E-state index is 5.55. The average Bonchev–Trinajstić information content (AvgIpc) is 3.44. The Hall–Kier alpha value is -2.84. The number of hydrogen-bond acceptors (Lipinski definition) is 8. The maximum absolute atomic E-state index is 5.55. The van der Waals surface area contributed by atoms with Gasteiger partial charge >= 0.3 is 0 Å². The highest BCUT2D eigenvalue weighted by Gasteiger charge is 2.27. The van der Waals surface area contributed by atoms with Gasteiger partial charge in [-0.3, -0.25) is 4.90 Å². The van der Waals surface area contributed by atoms with Crippen LogP contribution >= 0.6 is 11.3 Å². The van der Waals surface area contributed by atoms with Crippen molar-refractivity contribution in [1.82, 2.24) is 25.0 Å². The molecule has 1 fully saturated rings. The molecule has 4 aromatic rings. The lowest BCUT2D eigenvalue weighted by Gasteiger charge is -2.35. The first-order valence-corrected chi connectivity index (χ1v) is 12.6. The van der Waals surface area contributed by atoms with Gasteiger partial charge in [0, 0.05) is 36.6 Å². The molecular formula is C25H28N6OS.